The second kappa shape index (κ2) is 6.95. The van der Waals surface area contributed by atoms with Crippen molar-refractivity contribution in [2.75, 3.05) is 20.1 Å². The summed E-state index contributed by atoms with van der Waals surface area (Å²) in [6.45, 7) is 7.81. The Labute approximate surface area is 117 Å². The maximum Gasteiger partial charge on any atom is 0.267 e. The van der Waals surface area contributed by atoms with Crippen LogP contribution in [0.15, 0.2) is 16.7 Å². The lowest BCUT2D eigenvalue weighted by atomic mass is 10.2. The molecule has 18 heavy (non-hydrogen) atoms. The molecule has 0 aliphatic rings. The molecule has 0 aliphatic heterocycles. The van der Waals surface area contributed by atoms with Crippen LogP contribution in [0.5, 0.6) is 0 Å². The van der Waals surface area contributed by atoms with Gasteiger partial charge in [0.25, 0.3) is 5.91 Å². The highest BCUT2D eigenvalue weighted by Crippen LogP contribution is 2.19. The van der Waals surface area contributed by atoms with E-state index in [1.807, 2.05) is 23.9 Å². The van der Waals surface area contributed by atoms with Crippen LogP contribution in [0.4, 0.5) is 0 Å². The first-order chi connectivity index (χ1) is 8.45. The van der Waals surface area contributed by atoms with Crippen molar-refractivity contribution in [3.8, 4) is 0 Å². The van der Waals surface area contributed by atoms with Crippen LogP contribution < -0.4 is 10.6 Å². The van der Waals surface area contributed by atoms with Gasteiger partial charge < -0.3 is 15.2 Å². The predicted molar refractivity (Wildman–Crippen MR) is 77.9 cm³/mol. The van der Waals surface area contributed by atoms with E-state index in [0.717, 1.165) is 11.0 Å². The fraction of sp³-hybridized carbons (Fsp3) is 0.615. The first kappa shape index (κ1) is 15.2. The number of nitrogens with one attached hydrogen (secondary N) is 2. The van der Waals surface area contributed by atoms with Gasteiger partial charge in [-0.1, -0.05) is 6.92 Å². The number of carbonyl (C=O) groups is 1. The minimum absolute atomic E-state index is 0.0163. The monoisotopic (exact) mass is 315 g/mol. The van der Waals surface area contributed by atoms with Gasteiger partial charge in [0.1, 0.15) is 5.69 Å². The Hall–Kier alpha value is -0.810. The molecule has 1 atom stereocenters. The average molecular weight is 316 g/mol. The fourth-order valence-corrected chi connectivity index (χ4v) is 2.27. The number of aromatic nitrogens is 1. The van der Waals surface area contributed by atoms with E-state index in [2.05, 4.69) is 47.3 Å². The summed E-state index contributed by atoms with van der Waals surface area (Å²) in [6.07, 6.45) is 1.94. The molecule has 0 bridgehead atoms. The average Bonchev–Trinajstić information content (AvgIpc) is 2.69. The van der Waals surface area contributed by atoms with Gasteiger partial charge in [-0.15, -0.1) is 0 Å². The third kappa shape index (κ3) is 4.14. The van der Waals surface area contributed by atoms with E-state index >= 15 is 0 Å². The number of amides is 1. The van der Waals surface area contributed by atoms with E-state index in [4.69, 9.17) is 0 Å². The van der Waals surface area contributed by atoms with E-state index in [-0.39, 0.29) is 11.9 Å². The molecule has 0 saturated carbocycles. The third-order valence-corrected chi connectivity index (χ3v) is 3.20. The van der Waals surface area contributed by atoms with Gasteiger partial charge in [0.05, 0.1) is 0 Å². The van der Waals surface area contributed by atoms with Gasteiger partial charge in [0.15, 0.2) is 0 Å². The molecule has 0 aliphatic carbocycles. The number of carbonyl (C=O) groups excluding carboxylic acids is 1. The summed E-state index contributed by atoms with van der Waals surface area (Å²) in [5.74, 6) is 0.405. The Morgan fingerprint density at radius 1 is 1.39 bits per heavy atom. The smallest absolute Gasteiger partial charge is 0.267 e. The highest BCUT2D eigenvalue weighted by Gasteiger charge is 2.15. The lowest BCUT2D eigenvalue weighted by Gasteiger charge is -2.15. The Morgan fingerprint density at radius 2 is 2.06 bits per heavy atom. The van der Waals surface area contributed by atoms with Crippen molar-refractivity contribution in [3.05, 3.63) is 22.4 Å². The van der Waals surface area contributed by atoms with Crippen LogP contribution in [-0.2, 0) is 0 Å². The topological polar surface area (TPSA) is 46.1 Å². The largest absolute Gasteiger partial charge is 0.350 e. The summed E-state index contributed by atoms with van der Waals surface area (Å²) in [7, 11) is 1.92. The summed E-state index contributed by atoms with van der Waals surface area (Å²) in [4.78, 5) is 12.1. The molecule has 1 aromatic rings. The normalized spacial score (nSPS) is 12.8. The number of rotatable bonds is 6. The molecular formula is C13H22BrN3O. The summed E-state index contributed by atoms with van der Waals surface area (Å²) in [6, 6.07) is 2.13. The molecule has 102 valence electrons. The molecule has 0 spiro atoms. The van der Waals surface area contributed by atoms with Crippen LogP contribution in [0, 0.1) is 5.92 Å². The zero-order valence-corrected chi connectivity index (χ0v) is 13.0. The van der Waals surface area contributed by atoms with Crippen LogP contribution >= 0.6 is 15.9 Å². The summed E-state index contributed by atoms with van der Waals surface area (Å²) in [5, 5.41) is 6.07. The van der Waals surface area contributed by atoms with Gasteiger partial charge >= 0.3 is 0 Å². The molecule has 0 saturated heterocycles. The van der Waals surface area contributed by atoms with Gasteiger partial charge in [0.2, 0.25) is 0 Å². The van der Waals surface area contributed by atoms with Crippen LogP contribution in [0.3, 0.4) is 0 Å². The van der Waals surface area contributed by atoms with Gasteiger partial charge in [-0.3, -0.25) is 4.79 Å². The van der Waals surface area contributed by atoms with Crippen molar-refractivity contribution < 1.29 is 4.79 Å². The van der Waals surface area contributed by atoms with Crippen molar-refractivity contribution in [2.24, 2.45) is 5.92 Å². The van der Waals surface area contributed by atoms with Crippen molar-refractivity contribution in [1.82, 2.24) is 15.2 Å². The third-order valence-electron chi connectivity index (χ3n) is 2.77. The summed E-state index contributed by atoms with van der Waals surface area (Å²) >= 11 is 3.41. The first-order valence-electron chi connectivity index (χ1n) is 6.25. The SMILES string of the molecule is CNCC(C)CNC(=O)c1cc(Br)cn1C(C)C. The maximum absolute atomic E-state index is 12.1. The zero-order chi connectivity index (χ0) is 13.7. The van der Waals surface area contributed by atoms with E-state index in [1.54, 1.807) is 0 Å². The Balaban J connectivity index is 2.66. The Morgan fingerprint density at radius 3 is 2.61 bits per heavy atom. The highest BCUT2D eigenvalue weighted by molar-refractivity contribution is 9.10. The second-order valence-electron chi connectivity index (χ2n) is 4.92. The Kier molecular flexibility index (Phi) is 5.88. The van der Waals surface area contributed by atoms with Crippen LogP contribution in [0.2, 0.25) is 0 Å². The van der Waals surface area contributed by atoms with Gasteiger partial charge in [-0.05, 0) is 55.4 Å². The molecule has 0 fully saturated rings. The van der Waals surface area contributed by atoms with E-state index in [0.29, 0.717) is 18.2 Å². The maximum atomic E-state index is 12.1. The minimum Gasteiger partial charge on any atom is -0.350 e. The predicted octanol–water partition coefficient (Wildman–Crippen LogP) is 2.42. The van der Waals surface area contributed by atoms with E-state index in [9.17, 15) is 4.79 Å². The lowest BCUT2D eigenvalue weighted by Crippen LogP contribution is -2.33. The highest BCUT2D eigenvalue weighted by atomic mass is 79.9. The lowest BCUT2D eigenvalue weighted by molar-refractivity contribution is 0.0937. The molecule has 0 radical (unpaired) electrons. The molecule has 5 heteroatoms. The molecular weight excluding hydrogens is 294 g/mol. The Bertz CT molecular complexity index is 401. The molecule has 4 nitrogen and oxygen atoms in total. The summed E-state index contributed by atoms with van der Waals surface area (Å²) in [5.41, 5.74) is 0.702. The number of halogens is 1. The fourth-order valence-electron chi connectivity index (χ4n) is 1.83. The molecule has 0 aromatic carbocycles. The molecule has 1 amide bonds. The van der Waals surface area contributed by atoms with Crippen molar-refractivity contribution >= 4 is 21.8 Å². The van der Waals surface area contributed by atoms with Gasteiger partial charge in [0, 0.05) is 23.3 Å². The molecule has 1 unspecified atom stereocenters. The van der Waals surface area contributed by atoms with E-state index < -0.39 is 0 Å². The molecule has 1 aromatic heterocycles. The number of nitrogens with zero attached hydrogens (tertiary/aromatic N) is 1. The zero-order valence-electron chi connectivity index (χ0n) is 11.5. The van der Waals surface area contributed by atoms with Gasteiger partial charge in [-0.25, -0.2) is 0 Å². The van der Waals surface area contributed by atoms with Gasteiger partial charge in [-0.2, -0.15) is 0 Å². The minimum atomic E-state index is -0.0163. The van der Waals surface area contributed by atoms with Crippen LogP contribution in [0.25, 0.3) is 0 Å². The summed E-state index contributed by atoms with van der Waals surface area (Å²) < 4.78 is 2.91. The number of hydrogen-bond acceptors (Lipinski definition) is 2. The van der Waals surface area contributed by atoms with Crippen LogP contribution in [0.1, 0.15) is 37.3 Å². The van der Waals surface area contributed by atoms with Crippen LogP contribution in [-0.4, -0.2) is 30.6 Å². The molecule has 1 heterocycles. The van der Waals surface area contributed by atoms with Crippen molar-refractivity contribution in [2.45, 2.75) is 26.8 Å². The molecule has 2 N–H and O–H groups in total. The first-order valence-corrected chi connectivity index (χ1v) is 7.05. The molecule has 1 rings (SSSR count). The van der Waals surface area contributed by atoms with E-state index in [1.165, 1.54) is 0 Å². The quantitative estimate of drug-likeness (QED) is 0.847. The standard InChI is InChI=1S/C13H22BrN3O/c1-9(2)17-8-11(14)5-12(17)13(18)16-7-10(3)6-15-4/h5,8-10,15H,6-7H2,1-4H3,(H,16,18). The van der Waals surface area contributed by atoms with Crippen molar-refractivity contribution in [3.63, 3.8) is 0 Å². The number of hydrogen-bond donors (Lipinski definition) is 2. The second-order valence-corrected chi connectivity index (χ2v) is 5.83. The van der Waals surface area contributed by atoms with Crippen molar-refractivity contribution in [1.29, 1.82) is 0 Å².